The van der Waals surface area contributed by atoms with E-state index in [0.717, 1.165) is 24.4 Å². The van der Waals surface area contributed by atoms with Crippen molar-refractivity contribution in [3.63, 3.8) is 0 Å². The normalized spacial score (nSPS) is 14.2. The molecule has 0 saturated heterocycles. The lowest BCUT2D eigenvalue weighted by molar-refractivity contribution is 0.355. The molecule has 2 heteroatoms. The van der Waals surface area contributed by atoms with E-state index in [1.165, 1.54) is 31.2 Å². The molecule has 0 fully saturated rings. The molecule has 0 amide bonds. The van der Waals surface area contributed by atoms with Crippen LogP contribution in [-0.2, 0) is 0 Å². The van der Waals surface area contributed by atoms with Crippen molar-refractivity contribution in [2.24, 2.45) is 5.92 Å². The molecule has 1 N–H and O–H groups in total. The van der Waals surface area contributed by atoms with Crippen LogP contribution in [-0.4, -0.2) is 6.54 Å². The number of aryl methyl sites for hydroxylation is 1. The standard InChI is InChI=1S/C18H30FN/c1-5-8-9-15(6-2)12-18(20-7-3)17-13-16(19)11-10-14(17)4/h10-11,13,15,18,20H,5-9,12H2,1-4H3. The molecule has 0 saturated carbocycles. The number of rotatable bonds is 9. The number of halogens is 1. The van der Waals surface area contributed by atoms with E-state index in [1.54, 1.807) is 12.1 Å². The van der Waals surface area contributed by atoms with E-state index in [9.17, 15) is 4.39 Å². The van der Waals surface area contributed by atoms with Gasteiger partial charge in [-0.15, -0.1) is 0 Å². The maximum atomic E-state index is 13.5. The quantitative estimate of drug-likeness (QED) is 0.639. The summed E-state index contributed by atoms with van der Waals surface area (Å²) in [5.74, 6) is 0.594. The lowest BCUT2D eigenvalue weighted by atomic mass is 9.87. The van der Waals surface area contributed by atoms with E-state index in [0.29, 0.717) is 0 Å². The van der Waals surface area contributed by atoms with Crippen molar-refractivity contribution in [3.8, 4) is 0 Å². The molecule has 0 heterocycles. The van der Waals surface area contributed by atoms with Gasteiger partial charge in [0.05, 0.1) is 0 Å². The van der Waals surface area contributed by atoms with E-state index in [2.05, 4.69) is 33.0 Å². The zero-order valence-electron chi connectivity index (χ0n) is 13.5. The van der Waals surface area contributed by atoms with Crippen LogP contribution in [0, 0.1) is 18.7 Å². The summed E-state index contributed by atoms with van der Waals surface area (Å²) in [6, 6.07) is 5.42. The van der Waals surface area contributed by atoms with Gasteiger partial charge in [-0.25, -0.2) is 4.39 Å². The van der Waals surface area contributed by atoms with Crippen LogP contribution in [0.1, 0.15) is 70.0 Å². The molecule has 20 heavy (non-hydrogen) atoms. The SMILES string of the molecule is CCCCC(CC)CC(NCC)c1cc(F)ccc1C. The molecule has 1 rings (SSSR count). The van der Waals surface area contributed by atoms with Gasteiger partial charge in [0.25, 0.3) is 0 Å². The van der Waals surface area contributed by atoms with E-state index < -0.39 is 0 Å². The second-order valence-corrected chi connectivity index (χ2v) is 5.76. The van der Waals surface area contributed by atoms with Gasteiger partial charge < -0.3 is 5.32 Å². The molecular weight excluding hydrogens is 249 g/mol. The second kappa shape index (κ2) is 9.12. The molecule has 0 aliphatic heterocycles. The summed E-state index contributed by atoms with van der Waals surface area (Å²) in [6.45, 7) is 9.62. The summed E-state index contributed by atoms with van der Waals surface area (Å²) in [5, 5.41) is 3.54. The Morgan fingerprint density at radius 3 is 2.55 bits per heavy atom. The van der Waals surface area contributed by atoms with E-state index in [-0.39, 0.29) is 11.9 Å². The summed E-state index contributed by atoms with van der Waals surface area (Å²) >= 11 is 0. The highest BCUT2D eigenvalue weighted by Gasteiger charge is 2.18. The van der Waals surface area contributed by atoms with Crippen LogP contribution < -0.4 is 5.32 Å². The Balaban J connectivity index is 2.84. The first-order chi connectivity index (χ1) is 9.62. The van der Waals surface area contributed by atoms with Crippen LogP contribution in [0.2, 0.25) is 0 Å². The Morgan fingerprint density at radius 1 is 1.20 bits per heavy atom. The maximum absolute atomic E-state index is 13.5. The van der Waals surface area contributed by atoms with Crippen LogP contribution in [0.5, 0.6) is 0 Å². The lowest BCUT2D eigenvalue weighted by Gasteiger charge is -2.25. The highest BCUT2D eigenvalue weighted by Crippen LogP contribution is 2.29. The third kappa shape index (κ3) is 5.24. The highest BCUT2D eigenvalue weighted by atomic mass is 19.1. The van der Waals surface area contributed by atoms with Gasteiger partial charge in [0.2, 0.25) is 0 Å². The molecule has 1 aromatic rings. The first-order valence-electron chi connectivity index (χ1n) is 8.11. The first kappa shape index (κ1) is 17.2. The number of unbranched alkanes of at least 4 members (excludes halogenated alkanes) is 1. The molecule has 0 radical (unpaired) electrons. The fourth-order valence-electron chi connectivity index (χ4n) is 2.87. The van der Waals surface area contributed by atoms with Crippen molar-refractivity contribution in [2.75, 3.05) is 6.54 Å². The van der Waals surface area contributed by atoms with Crippen molar-refractivity contribution < 1.29 is 4.39 Å². The Labute approximate surface area is 124 Å². The van der Waals surface area contributed by atoms with E-state index in [4.69, 9.17) is 0 Å². The molecule has 2 unspecified atom stereocenters. The average Bonchev–Trinajstić information content (AvgIpc) is 2.45. The van der Waals surface area contributed by atoms with Gasteiger partial charge in [-0.05, 0) is 49.1 Å². The second-order valence-electron chi connectivity index (χ2n) is 5.76. The maximum Gasteiger partial charge on any atom is 0.123 e. The number of nitrogens with one attached hydrogen (secondary N) is 1. The topological polar surface area (TPSA) is 12.0 Å². The minimum atomic E-state index is -0.130. The zero-order chi connectivity index (χ0) is 15.0. The molecule has 0 spiro atoms. The molecule has 0 bridgehead atoms. The Hall–Kier alpha value is -0.890. The molecule has 0 aliphatic carbocycles. The lowest BCUT2D eigenvalue weighted by Crippen LogP contribution is -2.24. The van der Waals surface area contributed by atoms with Gasteiger partial charge in [-0.1, -0.05) is 52.5 Å². The van der Waals surface area contributed by atoms with Gasteiger partial charge in [-0.3, -0.25) is 0 Å². The Morgan fingerprint density at radius 2 is 1.95 bits per heavy atom. The van der Waals surface area contributed by atoms with Crippen molar-refractivity contribution >= 4 is 0 Å². The van der Waals surface area contributed by atoms with Gasteiger partial charge in [0, 0.05) is 6.04 Å². The summed E-state index contributed by atoms with van der Waals surface area (Å²) in [5.41, 5.74) is 2.31. The number of hydrogen-bond acceptors (Lipinski definition) is 1. The smallest absolute Gasteiger partial charge is 0.123 e. The average molecular weight is 279 g/mol. The third-order valence-electron chi connectivity index (χ3n) is 4.18. The van der Waals surface area contributed by atoms with E-state index >= 15 is 0 Å². The van der Waals surface area contributed by atoms with Crippen LogP contribution >= 0.6 is 0 Å². The molecular formula is C18H30FN. The van der Waals surface area contributed by atoms with Gasteiger partial charge in [0.15, 0.2) is 0 Å². The highest BCUT2D eigenvalue weighted by molar-refractivity contribution is 5.29. The van der Waals surface area contributed by atoms with Crippen molar-refractivity contribution in [1.29, 1.82) is 0 Å². The Bertz CT molecular complexity index is 389. The minimum absolute atomic E-state index is 0.130. The van der Waals surface area contributed by atoms with Gasteiger partial charge >= 0.3 is 0 Å². The molecule has 1 aromatic carbocycles. The first-order valence-corrected chi connectivity index (χ1v) is 8.11. The molecule has 0 aromatic heterocycles. The van der Waals surface area contributed by atoms with Crippen LogP contribution in [0.3, 0.4) is 0 Å². The van der Waals surface area contributed by atoms with Crippen LogP contribution in [0.15, 0.2) is 18.2 Å². The molecule has 0 aliphatic rings. The predicted molar refractivity (Wildman–Crippen MR) is 85.5 cm³/mol. The van der Waals surface area contributed by atoms with E-state index in [1.807, 2.05) is 6.07 Å². The summed E-state index contributed by atoms with van der Waals surface area (Å²) < 4.78 is 13.5. The van der Waals surface area contributed by atoms with Crippen LogP contribution in [0.4, 0.5) is 4.39 Å². The largest absolute Gasteiger partial charge is 0.310 e. The fraction of sp³-hybridized carbons (Fsp3) is 0.667. The summed E-state index contributed by atoms with van der Waals surface area (Å²) in [4.78, 5) is 0. The van der Waals surface area contributed by atoms with Crippen molar-refractivity contribution in [1.82, 2.24) is 5.32 Å². The van der Waals surface area contributed by atoms with Crippen LogP contribution in [0.25, 0.3) is 0 Å². The summed E-state index contributed by atoms with van der Waals surface area (Å²) in [6.07, 6.45) is 6.13. The van der Waals surface area contributed by atoms with Crippen molar-refractivity contribution in [3.05, 3.63) is 35.1 Å². The summed E-state index contributed by atoms with van der Waals surface area (Å²) in [7, 11) is 0. The minimum Gasteiger partial charge on any atom is -0.310 e. The molecule has 2 atom stereocenters. The fourth-order valence-corrected chi connectivity index (χ4v) is 2.87. The zero-order valence-corrected chi connectivity index (χ0v) is 13.5. The van der Waals surface area contributed by atoms with Crippen molar-refractivity contribution in [2.45, 2.75) is 65.8 Å². The third-order valence-corrected chi connectivity index (χ3v) is 4.18. The Kier molecular flexibility index (Phi) is 7.83. The predicted octanol–water partition coefficient (Wildman–Crippen LogP) is 5.39. The number of benzene rings is 1. The molecule has 114 valence electrons. The monoisotopic (exact) mass is 279 g/mol. The number of hydrogen-bond donors (Lipinski definition) is 1. The molecule has 1 nitrogen and oxygen atoms in total. The van der Waals surface area contributed by atoms with Gasteiger partial charge in [0.1, 0.15) is 5.82 Å². The van der Waals surface area contributed by atoms with Gasteiger partial charge in [-0.2, -0.15) is 0 Å².